The van der Waals surface area contributed by atoms with Gasteiger partial charge in [-0.3, -0.25) is 9.58 Å². The Morgan fingerprint density at radius 2 is 2.33 bits per heavy atom. The fourth-order valence-corrected chi connectivity index (χ4v) is 2.92. The Balaban J connectivity index is 1.57. The van der Waals surface area contributed by atoms with Gasteiger partial charge in [-0.15, -0.1) is 5.10 Å². The number of rotatable bonds is 6. The Kier molecular flexibility index (Phi) is 4.54. The number of aryl methyl sites for hydroxylation is 1. The Hall–Kier alpha value is -1.83. The minimum atomic E-state index is -0.411. The maximum atomic E-state index is 12.5. The second-order valence-corrected chi connectivity index (χ2v) is 5.46. The van der Waals surface area contributed by atoms with Crippen LogP contribution in [0.5, 0.6) is 0 Å². The van der Waals surface area contributed by atoms with E-state index in [2.05, 4.69) is 25.3 Å². The summed E-state index contributed by atoms with van der Waals surface area (Å²) in [5.74, 6) is 1.41. The summed E-state index contributed by atoms with van der Waals surface area (Å²) in [6, 6.07) is 0. The highest BCUT2D eigenvalue weighted by Gasteiger charge is 2.22. The molecule has 21 heavy (non-hydrogen) atoms. The van der Waals surface area contributed by atoms with Crippen molar-refractivity contribution in [3.8, 4) is 0 Å². The minimum absolute atomic E-state index is 0.283. The zero-order valence-electron chi connectivity index (χ0n) is 12.0. The van der Waals surface area contributed by atoms with Crippen molar-refractivity contribution in [1.29, 1.82) is 0 Å². The van der Waals surface area contributed by atoms with Gasteiger partial charge in [0.05, 0.1) is 19.3 Å². The molecule has 8 heteroatoms. The van der Waals surface area contributed by atoms with E-state index in [1.807, 2.05) is 10.9 Å². The predicted octanol–water partition coefficient (Wildman–Crippen LogP) is 0.751. The van der Waals surface area contributed by atoms with Gasteiger partial charge in [0.25, 0.3) is 0 Å². The lowest BCUT2D eigenvalue weighted by Gasteiger charge is -2.32. The minimum Gasteiger partial charge on any atom is -0.296 e. The van der Waals surface area contributed by atoms with Gasteiger partial charge in [0.2, 0.25) is 0 Å². The number of aromatic nitrogens is 6. The largest absolute Gasteiger partial charge is 0.296 e. The van der Waals surface area contributed by atoms with Crippen LogP contribution >= 0.6 is 0 Å². The maximum Gasteiger partial charge on any atom is 0.141 e. The molecule has 1 aliphatic rings. The van der Waals surface area contributed by atoms with Crippen LogP contribution in [0.15, 0.2) is 18.7 Å². The summed E-state index contributed by atoms with van der Waals surface area (Å²) in [7, 11) is 0. The summed E-state index contributed by atoms with van der Waals surface area (Å²) in [6.45, 7) is 3.55. The second-order valence-electron chi connectivity index (χ2n) is 5.46. The number of likely N-dealkylation sites (tertiary alicyclic amines) is 1. The van der Waals surface area contributed by atoms with Crippen molar-refractivity contribution >= 4 is 0 Å². The summed E-state index contributed by atoms with van der Waals surface area (Å²) in [6.07, 6.45) is 7.48. The van der Waals surface area contributed by atoms with Crippen LogP contribution in [-0.4, -0.2) is 54.4 Å². The molecule has 0 amide bonds. The highest BCUT2D eigenvalue weighted by Crippen LogP contribution is 2.19. The first-order valence-corrected chi connectivity index (χ1v) is 7.34. The van der Waals surface area contributed by atoms with E-state index in [-0.39, 0.29) is 6.54 Å². The van der Waals surface area contributed by atoms with Crippen molar-refractivity contribution in [3.05, 3.63) is 24.5 Å². The van der Waals surface area contributed by atoms with Gasteiger partial charge in [-0.25, -0.2) is 14.1 Å². The maximum absolute atomic E-state index is 12.5. The number of alkyl halides is 1. The fourth-order valence-electron chi connectivity index (χ4n) is 2.92. The lowest BCUT2D eigenvalue weighted by atomic mass is 9.98. The van der Waals surface area contributed by atoms with E-state index in [0.717, 1.165) is 38.4 Å². The molecule has 0 aromatic carbocycles. The van der Waals surface area contributed by atoms with E-state index in [1.54, 1.807) is 10.9 Å². The molecular weight excluding hydrogens is 273 g/mol. The predicted molar refractivity (Wildman–Crippen MR) is 74.0 cm³/mol. The second kappa shape index (κ2) is 6.75. The monoisotopic (exact) mass is 293 g/mol. The average molecular weight is 293 g/mol. The van der Waals surface area contributed by atoms with Gasteiger partial charge in [-0.2, -0.15) is 5.10 Å². The Morgan fingerprint density at radius 1 is 1.38 bits per heavy atom. The lowest BCUT2D eigenvalue weighted by Crippen LogP contribution is -2.37. The van der Waals surface area contributed by atoms with E-state index in [9.17, 15) is 4.39 Å². The van der Waals surface area contributed by atoms with E-state index in [0.29, 0.717) is 5.92 Å². The molecule has 0 aliphatic carbocycles. The third-order valence-electron chi connectivity index (χ3n) is 3.88. The van der Waals surface area contributed by atoms with Crippen LogP contribution in [0.25, 0.3) is 0 Å². The molecule has 7 nitrogen and oxygen atoms in total. The smallest absolute Gasteiger partial charge is 0.141 e. The van der Waals surface area contributed by atoms with Gasteiger partial charge < -0.3 is 0 Å². The van der Waals surface area contributed by atoms with Crippen LogP contribution in [0, 0.1) is 5.92 Å². The summed E-state index contributed by atoms with van der Waals surface area (Å²) in [4.78, 5) is 6.61. The fraction of sp³-hybridized carbons (Fsp3) is 0.692. The van der Waals surface area contributed by atoms with Crippen molar-refractivity contribution in [2.45, 2.75) is 32.5 Å². The molecule has 3 rings (SSSR count). The number of hydrogen-bond donors (Lipinski definition) is 0. The van der Waals surface area contributed by atoms with E-state index >= 15 is 0 Å². The van der Waals surface area contributed by atoms with E-state index < -0.39 is 6.67 Å². The summed E-state index contributed by atoms with van der Waals surface area (Å²) in [5, 5.41) is 11.9. The van der Waals surface area contributed by atoms with Gasteiger partial charge in [0, 0.05) is 19.3 Å². The third-order valence-corrected chi connectivity index (χ3v) is 3.88. The zero-order valence-corrected chi connectivity index (χ0v) is 12.0. The SMILES string of the molecule is FCCn1ncnc1CN1CCCC(Cn2ccnn2)C1. The third kappa shape index (κ3) is 3.63. The molecule has 3 heterocycles. The summed E-state index contributed by atoms with van der Waals surface area (Å²) in [5.41, 5.74) is 0. The highest BCUT2D eigenvalue weighted by molar-refractivity contribution is 4.86. The molecule has 0 spiro atoms. The zero-order chi connectivity index (χ0) is 14.5. The van der Waals surface area contributed by atoms with Crippen molar-refractivity contribution in [1.82, 2.24) is 34.7 Å². The first-order chi connectivity index (χ1) is 10.3. The molecule has 2 aromatic rings. The summed E-state index contributed by atoms with van der Waals surface area (Å²) >= 11 is 0. The van der Waals surface area contributed by atoms with Crippen LogP contribution < -0.4 is 0 Å². The molecule has 1 fully saturated rings. The van der Waals surface area contributed by atoms with Crippen molar-refractivity contribution in [2.24, 2.45) is 5.92 Å². The van der Waals surface area contributed by atoms with Crippen LogP contribution in [0.1, 0.15) is 18.7 Å². The lowest BCUT2D eigenvalue weighted by molar-refractivity contribution is 0.147. The summed E-state index contributed by atoms with van der Waals surface area (Å²) < 4.78 is 16.0. The van der Waals surface area contributed by atoms with Crippen LogP contribution in [-0.2, 0) is 19.6 Å². The molecular formula is C13H20FN7. The number of piperidine rings is 1. The molecule has 0 N–H and O–H groups in total. The van der Waals surface area contributed by atoms with E-state index in [4.69, 9.17) is 0 Å². The molecule has 1 saturated heterocycles. The first-order valence-electron chi connectivity index (χ1n) is 7.34. The highest BCUT2D eigenvalue weighted by atomic mass is 19.1. The Labute approximate surface area is 122 Å². The van der Waals surface area contributed by atoms with Gasteiger partial charge in [0.1, 0.15) is 18.8 Å². The number of nitrogens with zero attached hydrogens (tertiary/aromatic N) is 7. The molecule has 114 valence electrons. The van der Waals surface area contributed by atoms with Crippen LogP contribution in [0.2, 0.25) is 0 Å². The standard InChI is InChI=1S/C13H20FN7/c14-3-6-21-13(15-11-17-21)10-19-5-1-2-12(8-19)9-20-7-4-16-18-20/h4,7,11-12H,1-3,5-6,8-10H2. The quantitative estimate of drug-likeness (QED) is 0.786. The van der Waals surface area contributed by atoms with Gasteiger partial charge in [-0.05, 0) is 25.3 Å². The topological polar surface area (TPSA) is 64.7 Å². The Morgan fingerprint density at radius 3 is 3.14 bits per heavy atom. The number of halogens is 1. The van der Waals surface area contributed by atoms with E-state index in [1.165, 1.54) is 12.7 Å². The van der Waals surface area contributed by atoms with Crippen molar-refractivity contribution in [2.75, 3.05) is 19.8 Å². The van der Waals surface area contributed by atoms with Gasteiger partial charge in [0.15, 0.2) is 0 Å². The molecule has 0 saturated carbocycles. The molecule has 0 radical (unpaired) electrons. The van der Waals surface area contributed by atoms with Crippen molar-refractivity contribution < 1.29 is 4.39 Å². The van der Waals surface area contributed by atoms with Gasteiger partial charge >= 0.3 is 0 Å². The number of hydrogen-bond acceptors (Lipinski definition) is 5. The molecule has 0 bridgehead atoms. The molecule has 2 aromatic heterocycles. The molecule has 1 atom stereocenters. The first kappa shape index (κ1) is 14.1. The van der Waals surface area contributed by atoms with Gasteiger partial charge in [-0.1, -0.05) is 5.21 Å². The van der Waals surface area contributed by atoms with Crippen LogP contribution in [0.4, 0.5) is 4.39 Å². The molecule has 1 aliphatic heterocycles. The van der Waals surface area contributed by atoms with Crippen LogP contribution in [0.3, 0.4) is 0 Å². The normalized spacial score (nSPS) is 20.0. The molecule has 1 unspecified atom stereocenters. The average Bonchev–Trinajstić information content (AvgIpc) is 3.13. The Bertz CT molecular complexity index is 538. The van der Waals surface area contributed by atoms with Crippen molar-refractivity contribution in [3.63, 3.8) is 0 Å².